The number of nitrogens with two attached hydrogens (primary N) is 1. The maximum absolute atomic E-state index is 6.07. The van der Waals surface area contributed by atoms with Gasteiger partial charge in [0.1, 0.15) is 5.75 Å². The van der Waals surface area contributed by atoms with Crippen molar-refractivity contribution in [2.75, 3.05) is 26.0 Å². The van der Waals surface area contributed by atoms with Crippen LogP contribution in [-0.4, -0.2) is 43.6 Å². The number of methoxy groups -OCH3 is 1. The minimum absolute atomic E-state index is 0.386. The predicted octanol–water partition coefficient (Wildman–Crippen LogP) is 2.56. The third-order valence-corrected chi connectivity index (χ3v) is 4.06. The number of benzene rings is 1. The Morgan fingerprint density at radius 2 is 2.29 bits per heavy atom. The van der Waals surface area contributed by atoms with Crippen molar-refractivity contribution in [3.8, 4) is 5.75 Å². The third kappa shape index (κ3) is 4.51. The summed E-state index contributed by atoms with van der Waals surface area (Å²) in [5, 5.41) is 3.58. The Morgan fingerprint density at radius 1 is 1.57 bits per heavy atom. The van der Waals surface area contributed by atoms with E-state index in [0.717, 1.165) is 11.7 Å². The van der Waals surface area contributed by atoms with Crippen LogP contribution in [0.2, 0.25) is 5.02 Å². The molecule has 21 heavy (non-hydrogen) atoms. The molecule has 5 nitrogen and oxygen atoms in total. The van der Waals surface area contributed by atoms with E-state index in [1.54, 1.807) is 19.2 Å². The molecule has 0 heterocycles. The van der Waals surface area contributed by atoms with Gasteiger partial charge >= 0.3 is 0 Å². The van der Waals surface area contributed by atoms with Crippen LogP contribution in [-0.2, 0) is 0 Å². The van der Waals surface area contributed by atoms with Gasteiger partial charge in [0.15, 0.2) is 5.96 Å². The van der Waals surface area contributed by atoms with Gasteiger partial charge in [0.05, 0.1) is 18.7 Å². The van der Waals surface area contributed by atoms with Gasteiger partial charge in [-0.1, -0.05) is 11.6 Å². The van der Waals surface area contributed by atoms with Gasteiger partial charge in [-0.2, -0.15) is 0 Å². The highest BCUT2D eigenvalue weighted by atomic mass is 35.5. The molecule has 0 saturated heterocycles. The normalized spacial score (nSPS) is 16.9. The number of guanidine groups is 1. The van der Waals surface area contributed by atoms with Crippen LogP contribution in [0.15, 0.2) is 23.2 Å². The van der Waals surface area contributed by atoms with E-state index in [1.807, 2.05) is 6.07 Å². The first-order valence-electron chi connectivity index (χ1n) is 7.13. The van der Waals surface area contributed by atoms with Crippen LogP contribution in [0.1, 0.15) is 19.8 Å². The number of likely N-dealkylation sites (N-methyl/N-ethyl adjacent to an activating group) is 1. The predicted molar refractivity (Wildman–Crippen MR) is 88.4 cm³/mol. The lowest BCUT2D eigenvalue weighted by Gasteiger charge is -2.22. The van der Waals surface area contributed by atoms with E-state index >= 15 is 0 Å². The standard InChI is InChI=1S/C15H23ClN4O/c1-10(20(2)12-5-6-12)9-18-15(17)19-11-4-7-14(21-3)13(16)8-11/h4,7-8,10,12H,5-6,9H2,1-3H3,(H3,17,18,19). The van der Waals surface area contributed by atoms with Crippen molar-refractivity contribution >= 4 is 23.2 Å². The zero-order chi connectivity index (χ0) is 15.4. The largest absolute Gasteiger partial charge is 0.495 e. The minimum Gasteiger partial charge on any atom is -0.495 e. The Bertz CT molecular complexity index is 516. The van der Waals surface area contributed by atoms with Gasteiger partial charge < -0.3 is 15.8 Å². The molecule has 6 heteroatoms. The van der Waals surface area contributed by atoms with Gasteiger partial charge in [-0.25, -0.2) is 0 Å². The van der Waals surface area contributed by atoms with Crippen LogP contribution in [0.3, 0.4) is 0 Å². The van der Waals surface area contributed by atoms with Crippen molar-refractivity contribution in [2.24, 2.45) is 10.7 Å². The molecule has 0 aliphatic heterocycles. The summed E-state index contributed by atoms with van der Waals surface area (Å²) in [6.45, 7) is 2.84. The van der Waals surface area contributed by atoms with E-state index in [0.29, 0.717) is 29.3 Å². The summed E-state index contributed by atoms with van der Waals surface area (Å²) in [6.07, 6.45) is 2.59. The third-order valence-electron chi connectivity index (χ3n) is 3.77. The van der Waals surface area contributed by atoms with Crippen LogP contribution in [0.25, 0.3) is 0 Å². The van der Waals surface area contributed by atoms with Crippen LogP contribution in [0.4, 0.5) is 5.69 Å². The molecule has 1 atom stereocenters. The van der Waals surface area contributed by atoms with Gasteiger partial charge in [0.25, 0.3) is 0 Å². The second kappa shape index (κ2) is 7.00. The monoisotopic (exact) mass is 310 g/mol. The zero-order valence-corrected chi connectivity index (χ0v) is 13.5. The summed E-state index contributed by atoms with van der Waals surface area (Å²) in [5.41, 5.74) is 6.71. The summed E-state index contributed by atoms with van der Waals surface area (Å²) in [7, 11) is 3.73. The highest BCUT2D eigenvalue weighted by Crippen LogP contribution is 2.27. The molecule has 1 aromatic carbocycles. The molecule has 1 aromatic rings. The van der Waals surface area contributed by atoms with Crippen LogP contribution >= 0.6 is 11.6 Å². The molecule has 0 bridgehead atoms. The highest BCUT2D eigenvalue weighted by Gasteiger charge is 2.28. The average molecular weight is 311 g/mol. The number of nitrogens with zero attached hydrogens (tertiary/aromatic N) is 2. The molecule has 0 spiro atoms. The molecule has 1 unspecified atom stereocenters. The lowest BCUT2D eigenvalue weighted by molar-refractivity contribution is 0.253. The molecule has 1 fully saturated rings. The summed E-state index contributed by atoms with van der Waals surface area (Å²) in [6, 6.07) is 6.53. The smallest absolute Gasteiger partial charge is 0.193 e. The molecule has 116 valence electrons. The Morgan fingerprint density at radius 3 is 2.86 bits per heavy atom. The molecule has 2 rings (SSSR count). The number of hydrogen-bond acceptors (Lipinski definition) is 3. The fourth-order valence-electron chi connectivity index (χ4n) is 2.13. The van der Waals surface area contributed by atoms with Gasteiger partial charge in [-0.05, 0) is 45.0 Å². The van der Waals surface area contributed by atoms with E-state index in [1.165, 1.54) is 12.8 Å². The number of anilines is 1. The van der Waals surface area contributed by atoms with Crippen molar-refractivity contribution in [1.82, 2.24) is 4.90 Å². The molecule has 1 aliphatic carbocycles. The molecule has 3 N–H and O–H groups in total. The number of halogens is 1. The molecule has 0 radical (unpaired) electrons. The second-order valence-electron chi connectivity index (χ2n) is 5.45. The lowest BCUT2D eigenvalue weighted by atomic mass is 10.3. The Labute approximate surface area is 131 Å². The SMILES string of the molecule is COc1ccc(NC(N)=NCC(C)N(C)C2CC2)cc1Cl. The van der Waals surface area contributed by atoms with E-state index < -0.39 is 0 Å². The summed E-state index contributed by atoms with van der Waals surface area (Å²) >= 11 is 6.07. The molecular weight excluding hydrogens is 288 g/mol. The summed E-state index contributed by atoms with van der Waals surface area (Å²) in [4.78, 5) is 6.75. The highest BCUT2D eigenvalue weighted by molar-refractivity contribution is 6.32. The van der Waals surface area contributed by atoms with Crippen molar-refractivity contribution in [3.63, 3.8) is 0 Å². The molecule has 1 saturated carbocycles. The molecular formula is C15H23ClN4O. The van der Waals surface area contributed by atoms with Crippen LogP contribution in [0.5, 0.6) is 5.75 Å². The first-order chi connectivity index (χ1) is 10.0. The van der Waals surface area contributed by atoms with Gasteiger partial charge in [0, 0.05) is 17.8 Å². The average Bonchev–Trinajstić information content (AvgIpc) is 3.28. The number of nitrogens with one attached hydrogen (secondary N) is 1. The fraction of sp³-hybridized carbons (Fsp3) is 0.533. The maximum Gasteiger partial charge on any atom is 0.193 e. The Balaban J connectivity index is 1.89. The first kappa shape index (κ1) is 15.9. The van der Waals surface area contributed by atoms with E-state index in [9.17, 15) is 0 Å². The van der Waals surface area contributed by atoms with E-state index in [-0.39, 0.29) is 0 Å². The van der Waals surface area contributed by atoms with Crippen molar-refractivity contribution in [2.45, 2.75) is 31.8 Å². The first-order valence-corrected chi connectivity index (χ1v) is 7.51. The second-order valence-corrected chi connectivity index (χ2v) is 5.85. The quantitative estimate of drug-likeness (QED) is 0.626. The molecule has 1 aliphatic rings. The molecule has 0 amide bonds. The molecule has 0 aromatic heterocycles. The minimum atomic E-state index is 0.386. The van der Waals surface area contributed by atoms with Crippen molar-refractivity contribution in [3.05, 3.63) is 23.2 Å². The lowest BCUT2D eigenvalue weighted by Crippen LogP contribution is -2.34. The number of hydrogen-bond donors (Lipinski definition) is 2. The summed E-state index contributed by atoms with van der Waals surface area (Å²) < 4.78 is 5.11. The number of rotatable bonds is 6. The Kier molecular flexibility index (Phi) is 5.31. The fourth-order valence-corrected chi connectivity index (χ4v) is 2.39. The number of ether oxygens (including phenoxy) is 1. The maximum atomic E-state index is 6.07. The zero-order valence-electron chi connectivity index (χ0n) is 12.8. The number of aliphatic imine (C=N–C) groups is 1. The van der Waals surface area contributed by atoms with E-state index in [4.69, 9.17) is 22.1 Å². The topological polar surface area (TPSA) is 62.9 Å². The van der Waals surface area contributed by atoms with Crippen LogP contribution in [0, 0.1) is 0 Å². The van der Waals surface area contributed by atoms with Gasteiger partial charge in [0.2, 0.25) is 0 Å². The summed E-state index contributed by atoms with van der Waals surface area (Å²) in [5.74, 6) is 1.03. The van der Waals surface area contributed by atoms with E-state index in [2.05, 4.69) is 29.2 Å². The van der Waals surface area contributed by atoms with Crippen molar-refractivity contribution in [1.29, 1.82) is 0 Å². The Hall–Kier alpha value is -1.46. The van der Waals surface area contributed by atoms with Gasteiger partial charge in [-0.15, -0.1) is 0 Å². The van der Waals surface area contributed by atoms with Crippen molar-refractivity contribution < 1.29 is 4.74 Å². The van der Waals surface area contributed by atoms with Gasteiger partial charge in [-0.3, -0.25) is 9.89 Å². The van der Waals surface area contributed by atoms with Crippen LogP contribution < -0.4 is 15.8 Å².